The lowest BCUT2D eigenvalue weighted by molar-refractivity contribution is 0.194. The molecular formula is C30H37N5O2. The Hall–Kier alpha value is -3.63. The molecule has 37 heavy (non-hydrogen) atoms. The first-order valence-electron chi connectivity index (χ1n) is 13.2. The summed E-state index contributed by atoms with van der Waals surface area (Å²) in [6.07, 6.45) is 3.48. The number of ether oxygens (including phenoxy) is 1. The number of carbonyl (C=O) groups is 1. The standard InChI is InChI=1S/C30H37N5O2/c1-5-34(6-2)17-7-8-23-9-14-28-27(20-23)29(32-21-31-28)24-15-18-35(19-16-24)30(36)33-25-10-12-26(13-11-25)37-22(3)4/h9-14,20-22,24H,5-6,15-19H2,1-4H3,(H,33,36). The number of rotatable bonds is 7. The van der Waals surface area contributed by atoms with E-state index in [2.05, 4.69) is 51.9 Å². The lowest BCUT2D eigenvalue weighted by Gasteiger charge is -2.32. The highest BCUT2D eigenvalue weighted by Gasteiger charge is 2.26. The van der Waals surface area contributed by atoms with Gasteiger partial charge in [-0.05, 0) is 82.2 Å². The SMILES string of the molecule is CCN(CC)CC#Cc1ccc2ncnc(C3CCN(C(=O)Nc4ccc(OC(C)C)cc4)CC3)c2c1. The molecule has 0 saturated carbocycles. The molecule has 0 radical (unpaired) electrons. The van der Waals surface area contributed by atoms with Crippen molar-refractivity contribution in [2.45, 2.75) is 52.6 Å². The predicted molar refractivity (Wildman–Crippen MR) is 149 cm³/mol. The van der Waals surface area contributed by atoms with E-state index in [1.54, 1.807) is 6.33 Å². The minimum Gasteiger partial charge on any atom is -0.491 e. The quantitative estimate of drug-likeness (QED) is 0.434. The van der Waals surface area contributed by atoms with Crippen LogP contribution in [0.25, 0.3) is 10.9 Å². The maximum absolute atomic E-state index is 12.9. The van der Waals surface area contributed by atoms with Crippen molar-refractivity contribution in [3.8, 4) is 17.6 Å². The Morgan fingerprint density at radius 2 is 1.84 bits per heavy atom. The number of anilines is 1. The van der Waals surface area contributed by atoms with E-state index < -0.39 is 0 Å². The fourth-order valence-electron chi connectivity index (χ4n) is 4.63. The summed E-state index contributed by atoms with van der Waals surface area (Å²) in [5.74, 6) is 7.68. The molecular weight excluding hydrogens is 462 g/mol. The monoisotopic (exact) mass is 499 g/mol. The molecule has 0 aliphatic carbocycles. The van der Waals surface area contributed by atoms with Gasteiger partial charge in [-0.15, -0.1) is 0 Å². The molecule has 0 atom stereocenters. The van der Waals surface area contributed by atoms with Crippen molar-refractivity contribution in [1.29, 1.82) is 0 Å². The lowest BCUT2D eigenvalue weighted by Crippen LogP contribution is -2.40. The average molecular weight is 500 g/mol. The molecule has 2 heterocycles. The van der Waals surface area contributed by atoms with E-state index in [1.165, 1.54) is 0 Å². The van der Waals surface area contributed by atoms with Gasteiger partial charge in [-0.3, -0.25) is 4.90 Å². The van der Waals surface area contributed by atoms with E-state index in [4.69, 9.17) is 4.74 Å². The normalized spacial score (nSPS) is 14.1. The number of aromatic nitrogens is 2. The number of fused-ring (bicyclic) bond motifs is 1. The molecule has 2 aromatic carbocycles. The van der Waals surface area contributed by atoms with Crippen molar-refractivity contribution in [3.63, 3.8) is 0 Å². The maximum Gasteiger partial charge on any atom is 0.321 e. The number of benzene rings is 2. The third-order valence-corrected chi connectivity index (χ3v) is 6.74. The number of carbonyl (C=O) groups excluding carboxylic acids is 1. The van der Waals surface area contributed by atoms with Gasteiger partial charge in [0.15, 0.2) is 0 Å². The first kappa shape index (κ1) is 26.4. The zero-order chi connectivity index (χ0) is 26.2. The highest BCUT2D eigenvalue weighted by molar-refractivity contribution is 5.89. The molecule has 7 nitrogen and oxygen atoms in total. The summed E-state index contributed by atoms with van der Waals surface area (Å²) in [5, 5.41) is 4.07. The first-order valence-corrected chi connectivity index (χ1v) is 13.2. The van der Waals surface area contributed by atoms with Crippen LogP contribution >= 0.6 is 0 Å². The van der Waals surface area contributed by atoms with Crippen LogP contribution in [-0.4, -0.2) is 64.6 Å². The number of piperidine rings is 1. The summed E-state index contributed by atoms with van der Waals surface area (Å²) in [5.41, 5.74) is 3.74. The second-order valence-electron chi connectivity index (χ2n) is 9.64. The van der Waals surface area contributed by atoms with E-state index >= 15 is 0 Å². The van der Waals surface area contributed by atoms with Crippen molar-refractivity contribution in [3.05, 3.63) is 60.0 Å². The summed E-state index contributed by atoms with van der Waals surface area (Å²) >= 11 is 0. The summed E-state index contributed by atoms with van der Waals surface area (Å²) in [6.45, 7) is 12.4. The van der Waals surface area contributed by atoms with Crippen LogP contribution in [0.4, 0.5) is 10.5 Å². The third-order valence-electron chi connectivity index (χ3n) is 6.74. The molecule has 1 saturated heterocycles. The van der Waals surface area contributed by atoms with Gasteiger partial charge in [0.1, 0.15) is 12.1 Å². The highest BCUT2D eigenvalue weighted by atomic mass is 16.5. The second kappa shape index (κ2) is 12.6. The third kappa shape index (κ3) is 6.99. The Kier molecular flexibility index (Phi) is 8.97. The Balaban J connectivity index is 1.39. The summed E-state index contributed by atoms with van der Waals surface area (Å²) in [7, 11) is 0. The van der Waals surface area contributed by atoms with Crippen LogP contribution < -0.4 is 10.1 Å². The minimum absolute atomic E-state index is 0.0747. The molecule has 0 spiro atoms. The molecule has 1 N–H and O–H groups in total. The molecule has 194 valence electrons. The average Bonchev–Trinajstić information content (AvgIpc) is 2.91. The van der Waals surface area contributed by atoms with Crippen molar-refractivity contribution in [2.24, 2.45) is 0 Å². The zero-order valence-corrected chi connectivity index (χ0v) is 22.3. The van der Waals surface area contributed by atoms with Gasteiger partial charge in [0.05, 0.1) is 23.9 Å². The van der Waals surface area contributed by atoms with Crippen LogP contribution in [-0.2, 0) is 0 Å². The van der Waals surface area contributed by atoms with Crippen molar-refractivity contribution >= 4 is 22.6 Å². The van der Waals surface area contributed by atoms with Gasteiger partial charge in [-0.25, -0.2) is 14.8 Å². The lowest BCUT2D eigenvalue weighted by atomic mass is 9.90. The molecule has 1 aliphatic rings. The predicted octanol–water partition coefficient (Wildman–Crippen LogP) is 5.52. The summed E-state index contributed by atoms with van der Waals surface area (Å²) in [6, 6.07) is 13.6. The van der Waals surface area contributed by atoms with E-state index in [9.17, 15) is 4.79 Å². The van der Waals surface area contributed by atoms with Crippen LogP contribution in [0.3, 0.4) is 0 Å². The number of amides is 2. The molecule has 1 fully saturated rings. The molecule has 3 aromatic rings. The Morgan fingerprint density at radius 1 is 1.11 bits per heavy atom. The number of nitrogens with one attached hydrogen (secondary N) is 1. The van der Waals surface area contributed by atoms with Crippen molar-refractivity contribution in [1.82, 2.24) is 19.8 Å². The van der Waals surface area contributed by atoms with Gasteiger partial charge < -0.3 is 15.0 Å². The number of likely N-dealkylation sites (tertiary alicyclic amines) is 1. The second-order valence-corrected chi connectivity index (χ2v) is 9.64. The Labute approximate surface area is 220 Å². The first-order chi connectivity index (χ1) is 18.0. The highest BCUT2D eigenvalue weighted by Crippen LogP contribution is 2.31. The van der Waals surface area contributed by atoms with Crippen molar-refractivity contribution in [2.75, 3.05) is 38.0 Å². The number of hydrogen-bond donors (Lipinski definition) is 1. The van der Waals surface area contributed by atoms with E-state index in [0.29, 0.717) is 13.1 Å². The van der Waals surface area contributed by atoms with Crippen LogP contribution in [0.15, 0.2) is 48.8 Å². The van der Waals surface area contributed by atoms with Crippen molar-refractivity contribution < 1.29 is 9.53 Å². The molecule has 0 unspecified atom stereocenters. The molecule has 2 amide bonds. The number of urea groups is 1. The molecule has 1 aliphatic heterocycles. The van der Waals surface area contributed by atoms with Crippen LogP contribution in [0.2, 0.25) is 0 Å². The van der Waals surface area contributed by atoms with E-state index in [-0.39, 0.29) is 18.1 Å². The molecule has 1 aromatic heterocycles. The van der Waals surface area contributed by atoms with Gasteiger partial charge in [-0.2, -0.15) is 0 Å². The Morgan fingerprint density at radius 3 is 2.51 bits per heavy atom. The largest absolute Gasteiger partial charge is 0.491 e. The van der Waals surface area contributed by atoms with Gasteiger partial charge in [0.2, 0.25) is 0 Å². The smallest absolute Gasteiger partial charge is 0.321 e. The molecule has 0 bridgehead atoms. The maximum atomic E-state index is 12.9. The van der Waals surface area contributed by atoms with E-state index in [1.807, 2.05) is 55.1 Å². The summed E-state index contributed by atoms with van der Waals surface area (Å²) in [4.78, 5) is 26.2. The van der Waals surface area contributed by atoms with Gasteiger partial charge in [0, 0.05) is 35.6 Å². The molecule has 7 heteroatoms. The van der Waals surface area contributed by atoms with E-state index in [0.717, 1.165) is 66.1 Å². The summed E-state index contributed by atoms with van der Waals surface area (Å²) < 4.78 is 5.68. The fraction of sp³-hybridized carbons (Fsp3) is 0.433. The fourth-order valence-corrected chi connectivity index (χ4v) is 4.63. The number of hydrogen-bond acceptors (Lipinski definition) is 5. The Bertz CT molecular complexity index is 1250. The minimum atomic E-state index is -0.0747. The van der Waals surface area contributed by atoms with Crippen LogP contribution in [0.1, 0.15) is 57.7 Å². The van der Waals surface area contributed by atoms with Gasteiger partial charge >= 0.3 is 6.03 Å². The van der Waals surface area contributed by atoms with Crippen LogP contribution in [0, 0.1) is 11.8 Å². The van der Waals surface area contributed by atoms with Gasteiger partial charge in [0.25, 0.3) is 0 Å². The van der Waals surface area contributed by atoms with Gasteiger partial charge in [-0.1, -0.05) is 25.7 Å². The topological polar surface area (TPSA) is 70.6 Å². The zero-order valence-electron chi connectivity index (χ0n) is 22.3. The van der Waals surface area contributed by atoms with Crippen LogP contribution in [0.5, 0.6) is 5.75 Å². The molecule has 4 rings (SSSR count). The number of nitrogens with zero attached hydrogens (tertiary/aromatic N) is 4.